The summed E-state index contributed by atoms with van der Waals surface area (Å²) in [5.41, 5.74) is 9.89. The van der Waals surface area contributed by atoms with E-state index in [1.165, 1.54) is 15.8 Å². The second kappa shape index (κ2) is 6.44. The first kappa shape index (κ1) is 14.6. The monoisotopic (exact) mass is 270 g/mol. The van der Waals surface area contributed by atoms with Crippen molar-refractivity contribution in [1.82, 2.24) is 19.9 Å². The number of carbonyl (C=O) groups is 3. The Morgan fingerprint density at radius 1 is 1.26 bits per heavy atom. The lowest BCUT2D eigenvalue weighted by Gasteiger charge is -2.18. The highest BCUT2D eigenvalue weighted by Crippen LogP contribution is 1.95. The number of hydrogen-bond donors (Lipinski definition) is 3. The predicted octanol–water partition coefficient (Wildman–Crippen LogP) is -2.75. The Labute approximate surface area is 107 Å². The summed E-state index contributed by atoms with van der Waals surface area (Å²) in [5, 5.41) is 15.7. The SMILES string of the molecule is NC(=O)CN(CCn1cc(C(=O)O)nn1)CC(N)=O. The lowest BCUT2D eigenvalue weighted by Crippen LogP contribution is -2.41. The molecule has 1 aromatic rings. The lowest BCUT2D eigenvalue weighted by atomic mass is 10.4. The smallest absolute Gasteiger partial charge is 0.358 e. The molecular weight excluding hydrogens is 256 g/mol. The second-order valence-electron chi connectivity index (χ2n) is 3.82. The van der Waals surface area contributed by atoms with Crippen molar-refractivity contribution in [2.75, 3.05) is 19.6 Å². The summed E-state index contributed by atoms with van der Waals surface area (Å²) in [4.78, 5) is 33.7. The van der Waals surface area contributed by atoms with Crippen LogP contribution in [0.4, 0.5) is 0 Å². The third kappa shape index (κ3) is 5.12. The lowest BCUT2D eigenvalue weighted by molar-refractivity contribution is -0.121. The van der Waals surface area contributed by atoms with Gasteiger partial charge < -0.3 is 16.6 Å². The van der Waals surface area contributed by atoms with Crippen molar-refractivity contribution in [2.45, 2.75) is 6.54 Å². The van der Waals surface area contributed by atoms with Crippen LogP contribution in [0, 0.1) is 0 Å². The van der Waals surface area contributed by atoms with Crippen LogP contribution in [0.15, 0.2) is 6.20 Å². The zero-order valence-electron chi connectivity index (χ0n) is 10.0. The van der Waals surface area contributed by atoms with E-state index in [0.29, 0.717) is 0 Å². The molecule has 0 aliphatic carbocycles. The Bertz CT molecular complexity index is 469. The Morgan fingerprint density at radius 2 is 1.84 bits per heavy atom. The first-order valence-electron chi connectivity index (χ1n) is 5.31. The normalized spacial score (nSPS) is 10.6. The highest BCUT2D eigenvalue weighted by molar-refractivity contribution is 5.84. The fraction of sp³-hybridized carbons (Fsp3) is 0.444. The number of nitrogens with zero attached hydrogens (tertiary/aromatic N) is 4. The largest absolute Gasteiger partial charge is 0.476 e. The molecule has 104 valence electrons. The number of carbonyl (C=O) groups excluding carboxylic acids is 2. The third-order valence-electron chi connectivity index (χ3n) is 2.16. The molecule has 0 aliphatic heterocycles. The zero-order valence-corrected chi connectivity index (χ0v) is 10.0. The van der Waals surface area contributed by atoms with E-state index in [0.717, 1.165) is 0 Å². The number of carboxylic acids is 1. The van der Waals surface area contributed by atoms with Gasteiger partial charge >= 0.3 is 5.97 Å². The van der Waals surface area contributed by atoms with Crippen LogP contribution in [0.2, 0.25) is 0 Å². The molecule has 1 rings (SSSR count). The number of aromatic carboxylic acids is 1. The summed E-state index contributed by atoms with van der Waals surface area (Å²) < 4.78 is 1.29. The van der Waals surface area contributed by atoms with Gasteiger partial charge in [-0.25, -0.2) is 4.79 Å². The fourth-order valence-corrected chi connectivity index (χ4v) is 1.40. The average Bonchev–Trinajstić information content (AvgIpc) is 2.73. The minimum atomic E-state index is -1.18. The predicted molar refractivity (Wildman–Crippen MR) is 61.8 cm³/mol. The maximum absolute atomic E-state index is 10.8. The summed E-state index contributed by atoms with van der Waals surface area (Å²) in [6.07, 6.45) is 1.25. The maximum atomic E-state index is 10.8. The first-order valence-corrected chi connectivity index (χ1v) is 5.31. The number of carboxylic acid groups (broad SMARTS) is 1. The van der Waals surface area contributed by atoms with Crippen molar-refractivity contribution in [1.29, 1.82) is 0 Å². The first-order chi connectivity index (χ1) is 8.88. The van der Waals surface area contributed by atoms with Crippen LogP contribution < -0.4 is 11.5 Å². The summed E-state index contributed by atoms with van der Waals surface area (Å²) in [7, 11) is 0. The van der Waals surface area contributed by atoms with E-state index in [2.05, 4.69) is 10.3 Å². The number of rotatable bonds is 8. The Kier molecular flexibility index (Phi) is 4.94. The average molecular weight is 270 g/mol. The molecule has 5 N–H and O–H groups in total. The van der Waals surface area contributed by atoms with E-state index >= 15 is 0 Å². The maximum Gasteiger partial charge on any atom is 0.358 e. The van der Waals surface area contributed by atoms with Crippen molar-refractivity contribution < 1.29 is 19.5 Å². The van der Waals surface area contributed by atoms with Gasteiger partial charge in [0.15, 0.2) is 5.69 Å². The summed E-state index contributed by atoms with van der Waals surface area (Å²) in [6, 6.07) is 0. The highest BCUT2D eigenvalue weighted by Gasteiger charge is 2.13. The van der Waals surface area contributed by atoms with E-state index in [-0.39, 0.29) is 31.9 Å². The molecule has 0 spiro atoms. The Hall–Kier alpha value is -2.49. The van der Waals surface area contributed by atoms with E-state index < -0.39 is 17.8 Å². The van der Waals surface area contributed by atoms with Gasteiger partial charge in [0.05, 0.1) is 25.8 Å². The van der Waals surface area contributed by atoms with Crippen LogP contribution in [0.1, 0.15) is 10.5 Å². The van der Waals surface area contributed by atoms with Gasteiger partial charge in [-0.3, -0.25) is 19.2 Å². The van der Waals surface area contributed by atoms with Crippen LogP contribution in [0.25, 0.3) is 0 Å². The standard InChI is InChI=1S/C9H14N6O4/c10-7(16)4-14(5-8(11)17)1-2-15-3-6(9(18)19)12-13-15/h3H,1-2,4-5H2,(H2,10,16)(H2,11,17)(H,18,19). The molecule has 10 heteroatoms. The number of primary amides is 2. The fourth-order valence-electron chi connectivity index (χ4n) is 1.40. The molecule has 0 saturated heterocycles. The molecule has 0 fully saturated rings. The van der Waals surface area contributed by atoms with Crippen molar-refractivity contribution in [3.63, 3.8) is 0 Å². The van der Waals surface area contributed by atoms with Gasteiger partial charge in [0.1, 0.15) is 0 Å². The van der Waals surface area contributed by atoms with Crippen molar-refractivity contribution >= 4 is 17.8 Å². The van der Waals surface area contributed by atoms with Crippen LogP contribution >= 0.6 is 0 Å². The quantitative estimate of drug-likeness (QED) is 0.462. The zero-order chi connectivity index (χ0) is 14.4. The number of nitrogens with two attached hydrogens (primary N) is 2. The molecule has 2 amide bonds. The van der Waals surface area contributed by atoms with E-state index in [1.54, 1.807) is 0 Å². The molecule has 0 unspecified atom stereocenters. The van der Waals surface area contributed by atoms with Crippen LogP contribution in [-0.4, -0.2) is 62.4 Å². The molecule has 1 aromatic heterocycles. The number of amides is 2. The van der Waals surface area contributed by atoms with Gasteiger partial charge in [-0.15, -0.1) is 5.10 Å². The minimum Gasteiger partial charge on any atom is -0.476 e. The molecule has 19 heavy (non-hydrogen) atoms. The molecule has 0 radical (unpaired) electrons. The van der Waals surface area contributed by atoms with E-state index in [4.69, 9.17) is 16.6 Å². The van der Waals surface area contributed by atoms with E-state index in [1.807, 2.05) is 0 Å². The van der Waals surface area contributed by atoms with Crippen molar-refractivity contribution in [3.05, 3.63) is 11.9 Å². The molecule has 0 saturated carbocycles. The van der Waals surface area contributed by atoms with Gasteiger partial charge in [-0.05, 0) is 0 Å². The highest BCUT2D eigenvalue weighted by atomic mass is 16.4. The van der Waals surface area contributed by atoms with Gasteiger partial charge in [0.25, 0.3) is 0 Å². The molecule has 1 heterocycles. The van der Waals surface area contributed by atoms with Gasteiger partial charge in [0.2, 0.25) is 11.8 Å². The van der Waals surface area contributed by atoms with Crippen molar-refractivity contribution in [2.24, 2.45) is 11.5 Å². The van der Waals surface area contributed by atoms with Crippen LogP contribution in [0.3, 0.4) is 0 Å². The number of aromatic nitrogens is 3. The van der Waals surface area contributed by atoms with Gasteiger partial charge in [-0.1, -0.05) is 5.21 Å². The Morgan fingerprint density at radius 3 is 2.26 bits per heavy atom. The summed E-state index contributed by atoms with van der Waals surface area (Å²) in [5.74, 6) is -2.37. The number of hydrogen-bond acceptors (Lipinski definition) is 6. The Balaban J connectivity index is 2.56. The van der Waals surface area contributed by atoms with Crippen molar-refractivity contribution in [3.8, 4) is 0 Å². The molecule has 10 nitrogen and oxygen atoms in total. The molecule has 0 aromatic carbocycles. The minimum absolute atomic E-state index is 0.122. The van der Waals surface area contributed by atoms with Crippen LogP contribution in [-0.2, 0) is 16.1 Å². The second-order valence-corrected chi connectivity index (χ2v) is 3.82. The third-order valence-corrected chi connectivity index (χ3v) is 2.16. The summed E-state index contributed by atoms with van der Waals surface area (Å²) >= 11 is 0. The van der Waals surface area contributed by atoms with Gasteiger partial charge in [0, 0.05) is 6.54 Å². The van der Waals surface area contributed by atoms with Gasteiger partial charge in [-0.2, -0.15) is 0 Å². The molecule has 0 atom stereocenters. The van der Waals surface area contributed by atoms with E-state index in [9.17, 15) is 14.4 Å². The topological polar surface area (TPSA) is 157 Å². The molecule has 0 aliphatic rings. The molecule has 0 bridgehead atoms. The summed E-state index contributed by atoms with van der Waals surface area (Å²) in [6.45, 7) is 0.266. The molecular formula is C9H14N6O4. The van der Waals surface area contributed by atoms with Crippen LogP contribution in [0.5, 0.6) is 0 Å².